The van der Waals surface area contributed by atoms with Crippen molar-refractivity contribution in [2.45, 2.75) is 12.8 Å². The average Bonchev–Trinajstić information content (AvgIpc) is 2.43. The van der Waals surface area contributed by atoms with E-state index in [1.54, 1.807) is 19.2 Å². The van der Waals surface area contributed by atoms with Crippen LogP contribution in [-0.4, -0.2) is 51.6 Å². The SMILES string of the molecule is COc1ccc(NCCC(=O)NCCCN(C)C)cc1Cl. The molecule has 0 spiro atoms. The zero-order valence-electron chi connectivity index (χ0n) is 12.9. The number of nitrogens with one attached hydrogen (secondary N) is 2. The Morgan fingerprint density at radius 2 is 2.10 bits per heavy atom. The Labute approximate surface area is 131 Å². The summed E-state index contributed by atoms with van der Waals surface area (Å²) in [6, 6.07) is 5.46. The van der Waals surface area contributed by atoms with Crippen molar-refractivity contribution in [3.05, 3.63) is 23.2 Å². The zero-order chi connectivity index (χ0) is 15.7. The smallest absolute Gasteiger partial charge is 0.221 e. The van der Waals surface area contributed by atoms with Gasteiger partial charge in [0.25, 0.3) is 0 Å². The molecule has 0 aliphatic heterocycles. The van der Waals surface area contributed by atoms with Crippen molar-refractivity contribution in [3.8, 4) is 5.75 Å². The van der Waals surface area contributed by atoms with E-state index in [2.05, 4.69) is 15.5 Å². The molecular weight excluding hydrogens is 290 g/mol. The quantitative estimate of drug-likeness (QED) is 0.686. The molecule has 5 nitrogen and oxygen atoms in total. The van der Waals surface area contributed by atoms with Gasteiger partial charge in [0.2, 0.25) is 5.91 Å². The van der Waals surface area contributed by atoms with Gasteiger partial charge in [-0.25, -0.2) is 0 Å². The molecule has 0 bridgehead atoms. The Kier molecular flexibility index (Phi) is 7.93. The third-order valence-electron chi connectivity index (χ3n) is 2.94. The summed E-state index contributed by atoms with van der Waals surface area (Å²) >= 11 is 6.03. The van der Waals surface area contributed by atoms with Crippen LogP contribution in [0.1, 0.15) is 12.8 Å². The Morgan fingerprint density at radius 1 is 1.33 bits per heavy atom. The second-order valence-corrected chi connectivity index (χ2v) is 5.44. The number of hydrogen-bond acceptors (Lipinski definition) is 4. The lowest BCUT2D eigenvalue weighted by Gasteiger charge is -2.11. The van der Waals surface area contributed by atoms with Crippen LogP contribution in [0.3, 0.4) is 0 Å². The summed E-state index contributed by atoms with van der Waals surface area (Å²) in [5.41, 5.74) is 0.876. The first kappa shape index (κ1) is 17.6. The van der Waals surface area contributed by atoms with Gasteiger partial charge in [0, 0.05) is 25.2 Å². The lowest BCUT2D eigenvalue weighted by molar-refractivity contribution is -0.120. The highest BCUT2D eigenvalue weighted by Crippen LogP contribution is 2.27. The lowest BCUT2D eigenvalue weighted by atomic mass is 10.3. The minimum atomic E-state index is 0.0564. The van der Waals surface area contributed by atoms with Crippen LogP contribution in [0.4, 0.5) is 5.69 Å². The molecule has 0 aromatic heterocycles. The van der Waals surface area contributed by atoms with Crippen LogP contribution in [0.2, 0.25) is 5.02 Å². The van der Waals surface area contributed by atoms with Crippen molar-refractivity contribution in [1.82, 2.24) is 10.2 Å². The van der Waals surface area contributed by atoms with Crippen molar-refractivity contribution in [2.24, 2.45) is 0 Å². The third kappa shape index (κ3) is 7.20. The number of hydrogen-bond donors (Lipinski definition) is 2. The Hall–Kier alpha value is -1.46. The number of halogens is 1. The van der Waals surface area contributed by atoms with Gasteiger partial charge in [0.15, 0.2) is 0 Å². The van der Waals surface area contributed by atoms with Crippen molar-refractivity contribution in [3.63, 3.8) is 0 Å². The molecule has 0 aliphatic carbocycles. The molecular formula is C15H24ClN3O2. The van der Waals surface area contributed by atoms with Gasteiger partial charge in [0.1, 0.15) is 5.75 Å². The Bertz CT molecular complexity index is 453. The first-order valence-electron chi connectivity index (χ1n) is 7.01. The largest absolute Gasteiger partial charge is 0.495 e. The fraction of sp³-hybridized carbons (Fsp3) is 0.533. The summed E-state index contributed by atoms with van der Waals surface area (Å²) < 4.78 is 5.09. The average molecular weight is 314 g/mol. The van der Waals surface area contributed by atoms with Crippen molar-refractivity contribution < 1.29 is 9.53 Å². The normalized spacial score (nSPS) is 10.5. The van der Waals surface area contributed by atoms with Crippen molar-refractivity contribution in [2.75, 3.05) is 46.2 Å². The van der Waals surface area contributed by atoms with E-state index in [0.29, 0.717) is 30.3 Å². The molecule has 0 atom stereocenters. The number of benzene rings is 1. The van der Waals surface area contributed by atoms with E-state index >= 15 is 0 Å². The number of methoxy groups -OCH3 is 1. The van der Waals surface area contributed by atoms with E-state index in [1.807, 2.05) is 20.2 Å². The molecule has 1 amide bonds. The van der Waals surface area contributed by atoms with Crippen LogP contribution >= 0.6 is 11.6 Å². The summed E-state index contributed by atoms with van der Waals surface area (Å²) in [5.74, 6) is 0.696. The van der Waals surface area contributed by atoms with Gasteiger partial charge in [-0.15, -0.1) is 0 Å². The first-order valence-corrected chi connectivity index (χ1v) is 7.39. The topological polar surface area (TPSA) is 53.6 Å². The summed E-state index contributed by atoms with van der Waals surface area (Å²) in [4.78, 5) is 13.7. The third-order valence-corrected chi connectivity index (χ3v) is 3.23. The van der Waals surface area contributed by atoms with Crippen LogP contribution < -0.4 is 15.4 Å². The molecule has 6 heteroatoms. The van der Waals surface area contributed by atoms with Gasteiger partial charge in [-0.2, -0.15) is 0 Å². The molecule has 0 unspecified atom stereocenters. The zero-order valence-corrected chi connectivity index (χ0v) is 13.7. The molecule has 1 rings (SSSR count). The second kappa shape index (κ2) is 9.47. The lowest BCUT2D eigenvalue weighted by Crippen LogP contribution is -2.28. The molecule has 1 aromatic rings. The molecule has 2 N–H and O–H groups in total. The van der Waals surface area contributed by atoms with Crippen molar-refractivity contribution >= 4 is 23.2 Å². The van der Waals surface area contributed by atoms with Gasteiger partial charge < -0.3 is 20.3 Å². The molecule has 0 fully saturated rings. The predicted octanol–water partition coefficient (Wildman–Crippen LogP) is 2.22. The predicted molar refractivity (Wildman–Crippen MR) is 87.3 cm³/mol. The number of anilines is 1. The number of amides is 1. The van der Waals surface area contributed by atoms with E-state index in [9.17, 15) is 4.79 Å². The number of carbonyl (C=O) groups excluding carboxylic acids is 1. The second-order valence-electron chi connectivity index (χ2n) is 5.03. The van der Waals surface area contributed by atoms with Gasteiger partial charge in [-0.1, -0.05) is 11.6 Å². The van der Waals surface area contributed by atoms with Crippen LogP contribution in [0.5, 0.6) is 5.75 Å². The number of ether oxygens (including phenoxy) is 1. The van der Waals surface area contributed by atoms with E-state index < -0.39 is 0 Å². The van der Waals surface area contributed by atoms with Gasteiger partial charge in [-0.3, -0.25) is 4.79 Å². The number of nitrogens with zero attached hydrogens (tertiary/aromatic N) is 1. The Morgan fingerprint density at radius 3 is 2.71 bits per heavy atom. The molecule has 0 aliphatic rings. The van der Waals surface area contributed by atoms with E-state index in [-0.39, 0.29) is 5.91 Å². The van der Waals surface area contributed by atoms with Crippen LogP contribution in [0.25, 0.3) is 0 Å². The highest BCUT2D eigenvalue weighted by molar-refractivity contribution is 6.32. The maximum atomic E-state index is 11.6. The molecule has 0 saturated heterocycles. The minimum Gasteiger partial charge on any atom is -0.495 e. The first-order chi connectivity index (χ1) is 10.0. The van der Waals surface area contributed by atoms with Crippen LogP contribution in [-0.2, 0) is 4.79 Å². The summed E-state index contributed by atoms with van der Waals surface area (Å²) in [6.45, 7) is 2.26. The van der Waals surface area contributed by atoms with Gasteiger partial charge >= 0.3 is 0 Å². The molecule has 0 saturated carbocycles. The Balaban J connectivity index is 2.21. The standard InChI is InChI=1S/C15H24ClN3O2/c1-19(2)10-4-8-18-15(20)7-9-17-12-5-6-14(21-3)13(16)11-12/h5-6,11,17H,4,7-10H2,1-3H3,(H,18,20). The van der Waals surface area contributed by atoms with E-state index in [4.69, 9.17) is 16.3 Å². The monoisotopic (exact) mass is 313 g/mol. The van der Waals surface area contributed by atoms with Crippen LogP contribution in [0, 0.1) is 0 Å². The molecule has 0 heterocycles. The van der Waals surface area contributed by atoms with E-state index in [0.717, 1.165) is 18.7 Å². The highest BCUT2D eigenvalue weighted by Gasteiger charge is 2.03. The summed E-state index contributed by atoms with van der Waals surface area (Å²) in [6.07, 6.45) is 1.39. The fourth-order valence-electron chi connectivity index (χ4n) is 1.81. The molecule has 21 heavy (non-hydrogen) atoms. The maximum absolute atomic E-state index is 11.6. The van der Waals surface area contributed by atoms with Crippen LogP contribution in [0.15, 0.2) is 18.2 Å². The minimum absolute atomic E-state index is 0.0564. The van der Waals surface area contributed by atoms with Gasteiger partial charge in [0.05, 0.1) is 12.1 Å². The number of carbonyl (C=O) groups is 1. The highest BCUT2D eigenvalue weighted by atomic mass is 35.5. The molecule has 0 radical (unpaired) electrons. The maximum Gasteiger partial charge on any atom is 0.221 e. The van der Waals surface area contributed by atoms with E-state index in [1.165, 1.54) is 0 Å². The number of rotatable bonds is 9. The fourth-order valence-corrected chi connectivity index (χ4v) is 2.07. The van der Waals surface area contributed by atoms with Gasteiger partial charge in [-0.05, 0) is 45.3 Å². The molecule has 118 valence electrons. The summed E-state index contributed by atoms with van der Waals surface area (Å²) in [5, 5.41) is 6.62. The summed E-state index contributed by atoms with van der Waals surface area (Å²) in [7, 11) is 5.62. The van der Waals surface area contributed by atoms with Crippen molar-refractivity contribution in [1.29, 1.82) is 0 Å². The molecule has 1 aromatic carbocycles.